The van der Waals surface area contributed by atoms with Crippen LogP contribution in [-0.4, -0.2) is 11.8 Å². The molecule has 0 aromatic heterocycles. The zero-order valence-corrected chi connectivity index (χ0v) is 10.3. The number of hydrogen-bond acceptors (Lipinski definition) is 2. The Morgan fingerprint density at radius 1 is 1.25 bits per heavy atom. The van der Waals surface area contributed by atoms with Gasteiger partial charge in [0, 0.05) is 29.0 Å². The maximum atomic E-state index is 5.84. The largest absolute Gasteiger partial charge is 0.359 e. The van der Waals surface area contributed by atoms with Crippen LogP contribution in [0.4, 0.5) is 5.69 Å². The number of halogens is 1. The predicted octanol–water partition coefficient (Wildman–Crippen LogP) is 3.89. The lowest BCUT2D eigenvalue weighted by atomic mass is 9.97. The topological polar surface area (TPSA) is 24.4 Å². The van der Waals surface area contributed by atoms with Crippen molar-refractivity contribution in [1.82, 2.24) is 0 Å². The van der Waals surface area contributed by atoms with Gasteiger partial charge in [0.1, 0.15) is 0 Å². The lowest BCUT2D eigenvalue weighted by Gasteiger charge is -2.25. The molecular weight excluding hydrogens is 220 g/mol. The van der Waals surface area contributed by atoms with Crippen molar-refractivity contribution < 1.29 is 0 Å². The molecule has 3 heteroatoms. The van der Waals surface area contributed by atoms with Crippen LogP contribution in [0.2, 0.25) is 5.02 Å². The van der Waals surface area contributed by atoms with E-state index in [4.69, 9.17) is 11.6 Å². The van der Waals surface area contributed by atoms with Crippen LogP contribution in [-0.2, 0) is 0 Å². The standard InChI is InChI=1S/C13H15ClN2/c1-13(2)9-12(7-8-15-13)16-11-5-3-10(14)4-6-11/h3-8,16H,9H2,1-2H3. The third-order valence-electron chi connectivity index (χ3n) is 2.47. The minimum absolute atomic E-state index is 0.0104. The van der Waals surface area contributed by atoms with Crippen LogP contribution >= 0.6 is 11.6 Å². The van der Waals surface area contributed by atoms with Crippen LogP contribution in [0.3, 0.4) is 0 Å². The average molecular weight is 235 g/mol. The average Bonchev–Trinajstić information content (AvgIpc) is 2.20. The van der Waals surface area contributed by atoms with Gasteiger partial charge in [0.15, 0.2) is 0 Å². The summed E-state index contributed by atoms with van der Waals surface area (Å²) < 4.78 is 0. The number of allylic oxidation sites excluding steroid dienone is 1. The molecule has 0 saturated carbocycles. The summed E-state index contributed by atoms with van der Waals surface area (Å²) in [4.78, 5) is 4.41. The van der Waals surface area contributed by atoms with Crippen LogP contribution in [0.25, 0.3) is 0 Å². The molecule has 1 aliphatic heterocycles. The minimum atomic E-state index is -0.0104. The molecule has 1 aliphatic rings. The second kappa shape index (κ2) is 4.30. The van der Waals surface area contributed by atoms with Crippen molar-refractivity contribution in [2.24, 2.45) is 4.99 Å². The Morgan fingerprint density at radius 3 is 2.56 bits per heavy atom. The number of rotatable bonds is 2. The van der Waals surface area contributed by atoms with E-state index in [9.17, 15) is 0 Å². The van der Waals surface area contributed by atoms with Gasteiger partial charge in [-0.1, -0.05) is 11.6 Å². The van der Waals surface area contributed by atoms with E-state index in [2.05, 4.69) is 24.2 Å². The first-order chi connectivity index (χ1) is 7.55. The molecule has 1 heterocycles. The van der Waals surface area contributed by atoms with Gasteiger partial charge in [-0.2, -0.15) is 0 Å². The van der Waals surface area contributed by atoms with Gasteiger partial charge in [0.2, 0.25) is 0 Å². The Labute approximate surface area is 101 Å². The zero-order chi connectivity index (χ0) is 11.6. The lowest BCUT2D eigenvalue weighted by molar-refractivity contribution is 0.517. The number of hydrogen-bond donors (Lipinski definition) is 1. The van der Waals surface area contributed by atoms with Crippen LogP contribution in [0.15, 0.2) is 41.0 Å². The first-order valence-corrected chi connectivity index (χ1v) is 5.70. The van der Waals surface area contributed by atoms with Crippen molar-refractivity contribution in [3.05, 3.63) is 41.1 Å². The van der Waals surface area contributed by atoms with Crippen molar-refractivity contribution >= 4 is 23.5 Å². The fourth-order valence-electron chi connectivity index (χ4n) is 1.70. The number of nitrogens with one attached hydrogen (secondary N) is 1. The monoisotopic (exact) mass is 234 g/mol. The zero-order valence-electron chi connectivity index (χ0n) is 9.50. The van der Waals surface area contributed by atoms with Crippen molar-refractivity contribution in [3.63, 3.8) is 0 Å². The summed E-state index contributed by atoms with van der Waals surface area (Å²) in [6.45, 7) is 4.25. The van der Waals surface area contributed by atoms with Crippen LogP contribution in [0.5, 0.6) is 0 Å². The molecule has 0 unspecified atom stereocenters. The lowest BCUT2D eigenvalue weighted by Crippen LogP contribution is -2.23. The molecule has 0 radical (unpaired) electrons. The van der Waals surface area contributed by atoms with Gasteiger partial charge in [-0.25, -0.2) is 0 Å². The summed E-state index contributed by atoms with van der Waals surface area (Å²) in [5.74, 6) is 0. The van der Waals surface area contributed by atoms with Gasteiger partial charge < -0.3 is 5.32 Å². The van der Waals surface area contributed by atoms with Gasteiger partial charge in [0.05, 0.1) is 5.54 Å². The fourth-order valence-corrected chi connectivity index (χ4v) is 1.83. The molecule has 16 heavy (non-hydrogen) atoms. The van der Waals surface area contributed by atoms with Crippen molar-refractivity contribution in [3.8, 4) is 0 Å². The first kappa shape index (κ1) is 11.2. The van der Waals surface area contributed by atoms with Gasteiger partial charge in [-0.15, -0.1) is 0 Å². The van der Waals surface area contributed by atoms with Crippen molar-refractivity contribution in [1.29, 1.82) is 0 Å². The second-order valence-corrected chi connectivity index (χ2v) is 5.03. The van der Waals surface area contributed by atoms with Gasteiger partial charge in [-0.3, -0.25) is 4.99 Å². The third kappa shape index (κ3) is 2.86. The Morgan fingerprint density at radius 2 is 1.94 bits per heavy atom. The molecule has 2 rings (SSSR count). The third-order valence-corrected chi connectivity index (χ3v) is 2.72. The Balaban J connectivity index is 2.08. The number of anilines is 1. The molecule has 1 aromatic carbocycles. The van der Waals surface area contributed by atoms with Crippen molar-refractivity contribution in [2.75, 3.05) is 5.32 Å². The smallest absolute Gasteiger partial charge is 0.0606 e. The maximum Gasteiger partial charge on any atom is 0.0606 e. The summed E-state index contributed by atoms with van der Waals surface area (Å²) in [6, 6.07) is 7.71. The molecule has 0 atom stereocenters. The van der Waals surface area contributed by atoms with E-state index in [0.717, 1.165) is 17.1 Å². The molecule has 2 nitrogen and oxygen atoms in total. The highest BCUT2D eigenvalue weighted by molar-refractivity contribution is 6.30. The van der Waals surface area contributed by atoms with Gasteiger partial charge in [-0.05, 0) is 44.2 Å². The molecule has 0 amide bonds. The molecule has 0 bridgehead atoms. The Kier molecular flexibility index (Phi) is 3.01. The summed E-state index contributed by atoms with van der Waals surface area (Å²) >= 11 is 5.84. The molecule has 0 spiro atoms. The summed E-state index contributed by atoms with van der Waals surface area (Å²) in [7, 11) is 0. The number of dihydropyridines is 1. The quantitative estimate of drug-likeness (QED) is 0.825. The Bertz CT molecular complexity index is 430. The SMILES string of the molecule is CC1(C)CC(Nc2ccc(Cl)cc2)=CC=N1. The predicted molar refractivity (Wildman–Crippen MR) is 70.3 cm³/mol. The molecule has 0 saturated heterocycles. The number of benzene rings is 1. The number of aliphatic imine (C=N–C) groups is 1. The first-order valence-electron chi connectivity index (χ1n) is 5.32. The van der Waals surface area contributed by atoms with Crippen LogP contribution < -0.4 is 5.32 Å². The van der Waals surface area contributed by atoms with E-state index in [0.29, 0.717) is 0 Å². The summed E-state index contributed by atoms with van der Waals surface area (Å²) in [6.07, 6.45) is 4.80. The second-order valence-electron chi connectivity index (χ2n) is 4.59. The normalized spacial score (nSPS) is 18.1. The van der Waals surface area contributed by atoms with Gasteiger partial charge in [0.25, 0.3) is 0 Å². The molecule has 1 aromatic rings. The fraction of sp³-hybridized carbons (Fsp3) is 0.308. The maximum absolute atomic E-state index is 5.84. The molecule has 84 valence electrons. The number of nitrogens with zero attached hydrogens (tertiary/aromatic N) is 1. The van der Waals surface area contributed by atoms with E-state index in [1.165, 1.54) is 5.70 Å². The highest BCUT2D eigenvalue weighted by atomic mass is 35.5. The minimum Gasteiger partial charge on any atom is -0.359 e. The molecule has 1 N–H and O–H groups in total. The summed E-state index contributed by atoms with van der Waals surface area (Å²) in [5.41, 5.74) is 2.23. The van der Waals surface area contributed by atoms with E-state index >= 15 is 0 Å². The van der Waals surface area contributed by atoms with E-state index in [-0.39, 0.29) is 5.54 Å². The highest BCUT2D eigenvalue weighted by Gasteiger charge is 2.19. The van der Waals surface area contributed by atoms with Gasteiger partial charge >= 0.3 is 0 Å². The van der Waals surface area contributed by atoms with Crippen LogP contribution in [0.1, 0.15) is 20.3 Å². The molecule has 0 fully saturated rings. The molecular formula is C13H15ClN2. The van der Waals surface area contributed by atoms with E-state index < -0.39 is 0 Å². The van der Waals surface area contributed by atoms with Crippen molar-refractivity contribution in [2.45, 2.75) is 25.8 Å². The highest BCUT2D eigenvalue weighted by Crippen LogP contribution is 2.24. The Hall–Kier alpha value is -1.28. The van der Waals surface area contributed by atoms with E-state index in [1.54, 1.807) is 0 Å². The van der Waals surface area contributed by atoms with E-state index in [1.807, 2.05) is 36.6 Å². The molecule has 0 aliphatic carbocycles. The van der Waals surface area contributed by atoms with Crippen LogP contribution in [0, 0.1) is 0 Å². The summed E-state index contributed by atoms with van der Waals surface area (Å²) in [5, 5.41) is 4.13.